The number of fused-ring (bicyclic) bond motifs is 1. The zero-order valence-electron chi connectivity index (χ0n) is 16.1. The van der Waals surface area contributed by atoms with Crippen LogP contribution in [0.1, 0.15) is 17.2 Å². The number of para-hydroxylation sites is 1. The Labute approximate surface area is 192 Å². The maximum absolute atomic E-state index is 13.5. The number of carbonyl (C=O) groups excluding carboxylic acids is 2. The Morgan fingerprint density at radius 1 is 1.16 bits per heavy atom. The van der Waals surface area contributed by atoms with E-state index in [1.54, 1.807) is 31.2 Å². The number of carbonyl (C=O) groups is 3. The second kappa shape index (κ2) is 7.76. The standard InChI is InChI=1S/C21H17Cl3N2O5/c1-9-4-2-3-5-13(9)26-18(28)14-15(19(26)29)21(8-27,20(30)31)25-17(14)11-6-10(22)7-12(23)16(11)24/h2-7,14-15,17,25,27H,8H2,1H3,(H,30,31). The topological polar surface area (TPSA) is 107 Å². The summed E-state index contributed by atoms with van der Waals surface area (Å²) in [6.45, 7) is 0.830. The van der Waals surface area contributed by atoms with Crippen LogP contribution in [0.3, 0.4) is 0 Å². The molecule has 2 saturated heterocycles. The van der Waals surface area contributed by atoms with Crippen LogP contribution in [0.4, 0.5) is 5.69 Å². The molecule has 7 nitrogen and oxygen atoms in total. The van der Waals surface area contributed by atoms with Gasteiger partial charge in [0.1, 0.15) is 0 Å². The second-order valence-electron chi connectivity index (χ2n) is 7.65. The van der Waals surface area contributed by atoms with Crippen molar-refractivity contribution in [3.05, 3.63) is 62.6 Å². The number of aliphatic hydroxyl groups is 1. The van der Waals surface area contributed by atoms with Crippen LogP contribution in [0.15, 0.2) is 36.4 Å². The van der Waals surface area contributed by atoms with E-state index in [2.05, 4.69) is 5.32 Å². The zero-order chi connectivity index (χ0) is 22.7. The Morgan fingerprint density at radius 3 is 2.45 bits per heavy atom. The summed E-state index contributed by atoms with van der Waals surface area (Å²) < 4.78 is 0. The maximum atomic E-state index is 13.5. The molecule has 2 fully saturated rings. The molecule has 2 aromatic carbocycles. The van der Waals surface area contributed by atoms with E-state index >= 15 is 0 Å². The molecule has 162 valence electrons. The molecule has 2 aromatic rings. The van der Waals surface area contributed by atoms with Crippen molar-refractivity contribution in [2.45, 2.75) is 18.5 Å². The first-order chi connectivity index (χ1) is 14.6. The van der Waals surface area contributed by atoms with Gasteiger partial charge in [0.15, 0.2) is 5.54 Å². The number of carboxylic acids is 1. The molecule has 4 unspecified atom stereocenters. The number of hydrogen-bond donors (Lipinski definition) is 3. The Morgan fingerprint density at radius 2 is 1.84 bits per heavy atom. The summed E-state index contributed by atoms with van der Waals surface area (Å²) in [4.78, 5) is 40.2. The minimum Gasteiger partial charge on any atom is -0.480 e. The van der Waals surface area contributed by atoms with Crippen molar-refractivity contribution in [3.63, 3.8) is 0 Å². The quantitative estimate of drug-likeness (QED) is 0.455. The predicted molar refractivity (Wildman–Crippen MR) is 115 cm³/mol. The lowest BCUT2D eigenvalue weighted by Gasteiger charge is -2.29. The summed E-state index contributed by atoms with van der Waals surface area (Å²) in [5.74, 6) is -5.25. The van der Waals surface area contributed by atoms with Crippen LogP contribution in [-0.2, 0) is 14.4 Å². The van der Waals surface area contributed by atoms with Crippen molar-refractivity contribution in [3.8, 4) is 0 Å². The van der Waals surface area contributed by atoms with Crippen molar-refractivity contribution in [1.82, 2.24) is 5.32 Å². The second-order valence-corrected chi connectivity index (χ2v) is 8.87. The first kappa shape index (κ1) is 22.0. The van der Waals surface area contributed by atoms with Crippen LogP contribution in [0.2, 0.25) is 15.1 Å². The number of aliphatic hydroxyl groups excluding tert-OH is 1. The van der Waals surface area contributed by atoms with Gasteiger partial charge in [-0.25, -0.2) is 4.90 Å². The van der Waals surface area contributed by atoms with Crippen LogP contribution in [0, 0.1) is 18.8 Å². The average molecular weight is 484 g/mol. The largest absolute Gasteiger partial charge is 0.480 e. The lowest BCUT2D eigenvalue weighted by atomic mass is 9.79. The van der Waals surface area contributed by atoms with Crippen LogP contribution in [0.5, 0.6) is 0 Å². The number of nitrogens with one attached hydrogen (secondary N) is 1. The van der Waals surface area contributed by atoms with E-state index in [0.29, 0.717) is 11.3 Å². The van der Waals surface area contributed by atoms with E-state index in [9.17, 15) is 24.6 Å². The number of aryl methyl sites for hydroxylation is 1. The molecule has 31 heavy (non-hydrogen) atoms. The Balaban J connectivity index is 1.92. The molecule has 2 aliphatic heterocycles. The van der Waals surface area contributed by atoms with Crippen molar-refractivity contribution in [2.75, 3.05) is 11.5 Å². The fourth-order valence-electron chi connectivity index (χ4n) is 4.53. The molecule has 2 amide bonds. The number of imide groups is 1. The zero-order valence-corrected chi connectivity index (χ0v) is 18.4. The fourth-order valence-corrected chi connectivity index (χ4v) is 5.27. The molecule has 0 aromatic heterocycles. The van der Waals surface area contributed by atoms with E-state index in [0.717, 1.165) is 4.90 Å². The maximum Gasteiger partial charge on any atom is 0.327 e. The van der Waals surface area contributed by atoms with Gasteiger partial charge in [-0.05, 0) is 36.2 Å². The van der Waals surface area contributed by atoms with E-state index in [1.165, 1.54) is 12.1 Å². The van der Waals surface area contributed by atoms with Gasteiger partial charge in [-0.1, -0.05) is 53.0 Å². The SMILES string of the molecule is Cc1ccccc1N1C(=O)C2C(c3cc(Cl)cc(Cl)c3Cl)NC(CO)(C(=O)O)C2C1=O. The highest BCUT2D eigenvalue weighted by Crippen LogP contribution is 2.52. The third-order valence-corrected chi connectivity index (χ3v) is 7.03. The Kier molecular flexibility index (Phi) is 5.52. The predicted octanol–water partition coefficient (Wildman–Crippen LogP) is 3.22. The Hall–Kier alpha value is -2.16. The Bertz CT molecular complexity index is 1120. The molecule has 10 heteroatoms. The van der Waals surface area contributed by atoms with E-state index in [-0.39, 0.29) is 20.6 Å². The van der Waals surface area contributed by atoms with Gasteiger partial charge in [-0.2, -0.15) is 0 Å². The number of aliphatic carboxylic acids is 1. The molecule has 4 atom stereocenters. The third kappa shape index (κ3) is 3.15. The number of anilines is 1. The summed E-state index contributed by atoms with van der Waals surface area (Å²) in [6.07, 6.45) is 0. The van der Waals surface area contributed by atoms with Gasteiger partial charge in [0, 0.05) is 11.1 Å². The number of benzene rings is 2. The highest BCUT2D eigenvalue weighted by Gasteiger charge is 2.69. The summed E-state index contributed by atoms with van der Waals surface area (Å²) in [6, 6.07) is 8.66. The monoisotopic (exact) mass is 482 g/mol. The fraction of sp³-hybridized carbons (Fsp3) is 0.286. The first-order valence-electron chi connectivity index (χ1n) is 9.34. The molecule has 3 N–H and O–H groups in total. The van der Waals surface area contributed by atoms with Gasteiger partial charge in [-0.15, -0.1) is 0 Å². The molecule has 2 aliphatic rings. The summed E-state index contributed by atoms with van der Waals surface area (Å²) in [5.41, 5.74) is -0.781. The molecule has 0 bridgehead atoms. The normalized spacial score (nSPS) is 27.6. The van der Waals surface area contributed by atoms with Crippen molar-refractivity contribution in [2.24, 2.45) is 11.8 Å². The molecular formula is C21H17Cl3N2O5. The smallest absolute Gasteiger partial charge is 0.327 e. The molecule has 0 radical (unpaired) electrons. The van der Waals surface area contributed by atoms with E-state index in [4.69, 9.17) is 34.8 Å². The lowest BCUT2D eigenvalue weighted by Crippen LogP contribution is -2.58. The minimum absolute atomic E-state index is 0.0797. The third-order valence-electron chi connectivity index (χ3n) is 6.00. The number of rotatable bonds is 4. The van der Waals surface area contributed by atoms with Gasteiger partial charge in [0.2, 0.25) is 11.8 Å². The molecule has 0 aliphatic carbocycles. The van der Waals surface area contributed by atoms with Gasteiger partial charge in [-0.3, -0.25) is 19.7 Å². The van der Waals surface area contributed by atoms with Gasteiger partial charge in [0.05, 0.1) is 34.2 Å². The van der Waals surface area contributed by atoms with Crippen molar-refractivity contribution in [1.29, 1.82) is 0 Å². The van der Waals surface area contributed by atoms with Gasteiger partial charge < -0.3 is 10.2 Å². The van der Waals surface area contributed by atoms with Crippen molar-refractivity contribution >= 4 is 58.3 Å². The molecule has 0 saturated carbocycles. The van der Waals surface area contributed by atoms with Gasteiger partial charge in [0.25, 0.3) is 0 Å². The van der Waals surface area contributed by atoms with Crippen LogP contribution >= 0.6 is 34.8 Å². The molecule has 0 spiro atoms. The number of carboxylic acid groups (broad SMARTS) is 1. The van der Waals surface area contributed by atoms with E-state index < -0.39 is 47.8 Å². The van der Waals surface area contributed by atoms with Crippen molar-refractivity contribution < 1.29 is 24.6 Å². The summed E-state index contributed by atoms with van der Waals surface area (Å²) in [7, 11) is 0. The highest BCUT2D eigenvalue weighted by molar-refractivity contribution is 6.43. The number of amides is 2. The average Bonchev–Trinajstić information content (AvgIpc) is 3.20. The number of nitrogens with zero attached hydrogens (tertiary/aromatic N) is 1. The highest BCUT2D eigenvalue weighted by atomic mass is 35.5. The van der Waals surface area contributed by atoms with Crippen LogP contribution < -0.4 is 10.2 Å². The molecule has 4 rings (SSSR count). The van der Waals surface area contributed by atoms with E-state index in [1.807, 2.05) is 0 Å². The number of halogens is 3. The van der Waals surface area contributed by atoms with Gasteiger partial charge >= 0.3 is 5.97 Å². The lowest BCUT2D eigenvalue weighted by molar-refractivity contribution is -0.150. The molecule has 2 heterocycles. The first-order valence-corrected chi connectivity index (χ1v) is 10.5. The molecular weight excluding hydrogens is 467 g/mol. The minimum atomic E-state index is -2.09. The van der Waals surface area contributed by atoms with Crippen LogP contribution in [0.25, 0.3) is 0 Å². The summed E-state index contributed by atoms with van der Waals surface area (Å²) in [5, 5.41) is 23.3. The van der Waals surface area contributed by atoms with Crippen LogP contribution in [-0.4, -0.2) is 40.1 Å². The number of hydrogen-bond acceptors (Lipinski definition) is 5. The summed E-state index contributed by atoms with van der Waals surface area (Å²) >= 11 is 18.6.